The van der Waals surface area contributed by atoms with E-state index in [9.17, 15) is 19.2 Å². The van der Waals surface area contributed by atoms with Crippen LogP contribution in [-0.2, 0) is 9.53 Å². The molecule has 1 aliphatic rings. The number of benzene rings is 2. The lowest BCUT2D eigenvalue weighted by molar-refractivity contribution is -0.142. The quantitative estimate of drug-likeness (QED) is 0.373. The molecule has 0 unspecified atom stereocenters. The standard InChI is InChI=1S/C21H19BrN2O5/c22-15-9-7-14(8-10-15)19(26)23-13-18(25)29-12-4-3-11-24-20(27)16-5-1-2-6-17(16)21(24)28/h1-2,5-10H,3-4,11-13H2,(H,23,26). The van der Waals surface area contributed by atoms with Gasteiger partial charge in [-0.3, -0.25) is 24.1 Å². The molecular formula is C21H19BrN2O5. The number of unbranched alkanes of at least 4 members (excludes halogenated alkanes) is 1. The van der Waals surface area contributed by atoms with Gasteiger partial charge in [0.1, 0.15) is 6.54 Å². The van der Waals surface area contributed by atoms with Gasteiger partial charge in [-0.15, -0.1) is 0 Å². The third-order valence-corrected chi connectivity index (χ3v) is 4.95. The number of rotatable bonds is 8. The van der Waals surface area contributed by atoms with Crippen LogP contribution >= 0.6 is 15.9 Å². The zero-order valence-electron chi connectivity index (χ0n) is 15.5. The molecule has 150 valence electrons. The fraction of sp³-hybridized carbons (Fsp3) is 0.238. The maximum absolute atomic E-state index is 12.2. The Balaban J connectivity index is 1.33. The molecule has 0 aliphatic carbocycles. The predicted molar refractivity (Wildman–Crippen MR) is 108 cm³/mol. The fourth-order valence-electron chi connectivity index (χ4n) is 2.91. The Morgan fingerprint density at radius 2 is 1.55 bits per heavy atom. The van der Waals surface area contributed by atoms with E-state index >= 15 is 0 Å². The Morgan fingerprint density at radius 1 is 0.931 bits per heavy atom. The summed E-state index contributed by atoms with van der Waals surface area (Å²) in [5, 5.41) is 2.50. The first-order valence-corrected chi connectivity index (χ1v) is 9.91. The third-order valence-electron chi connectivity index (χ3n) is 4.42. The highest BCUT2D eigenvalue weighted by atomic mass is 79.9. The Morgan fingerprint density at radius 3 is 2.17 bits per heavy atom. The molecule has 0 radical (unpaired) electrons. The van der Waals surface area contributed by atoms with Gasteiger partial charge in [-0.1, -0.05) is 28.1 Å². The molecule has 0 bridgehead atoms. The van der Waals surface area contributed by atoms with Crippen LogP contribution in [0.25, 0.3) is 0 Å². The largest absolute Gasteiger partial charge is 0.464 e. The number of imide groups is 1. The van der Waals surface area contributed by atoms with Gasteiger partial charge in [0.2, 0.25) is 0 Å². The van der Waals surface area contributed by atoms with Crippen LogP contribution < -0.4 is 5.32 Å². The molecule has 1 N–H and O–H groups in total. The molecule has 3 amide bonds. The SMILES string of the molecule is O=C(CNC(=O)c1ccc(Br)cc1)OCCCCN1C(=O)c2ccccc2C1=O. The minimum Gasteiger partial charge on any atom is -0.464 e. The van der Waals surface area contributed by atoms with E-state index in [2.05, 4.69) is 21.2 Å². The molecule has 0 spiro atoms. The van der Waals surface area contributed by atoms with Crippen molar-refractivity contribution in [2.45, 2.75) is 12.8 Å². The minimum atomic E-state index is -0.545. The molecule has 8 heteroatoms. The number of nitrogens with zero attached hydrogens (tertiary/aromatic N) is 1. The van der Waals surface area contributed by atoms with Crippen LogP contribution in [0.2, 0.25) is 0 Å². The van der Waals surface area contributed by atoms with Gasteiger partial charge in [0.15, 0.2) is 0 Å². The summed E-state index contributed by atoms with van der Waals surface area (Å²) in [6, 6.07) is 13.5. The van der Waals surface area contributed by atoms with E-state index in [1.807, 2.05) is 0 Å². The van der Waals surface area contributed by atoms with E-state index in [-0.39, 0.29) is 37.4 Å². The highest BCUT2D eigenvalue weighted by molar-refractivity contribution is 9.10. The molecule has 2 aromatic rings. The van der Waals surface area contributed by atoms with Crippen molar-refractivity contribution in [3.05, 3.63) is 69.7 Å². The molecule has 1 aliphatic heterocycles. The van der Waals surface area contributed by atoms with Crippen molar-refractivity contribution in [2.24, 2.45) is 0 Å². The number of hydrogen-bond acceptors (Lipinski definition) is 5. The number of ether oxygens (including phenoxy) is 1. The van der Waals surface area contributed by atoms with E-state index in [4.69, 9.17) is 4.74 Å². The Labute approximate surface area is 176 Å². The van der Waals surface area contributed by atoms with Crippen molar-refractivity contribution < 1.29 is 23.9 Å². The van der Waals surface area contributed by atoms with Crippen molar-refractivity contribution in [3.8, 4) is 0 Å². The molecule has 7 nitrogen and oxygen atoms in total. The highest BCUT2D eigenvalue weighted by Crippen LogP contribution is 2.22. The number of carbonyl (C=O) groups excluding carboxylic acids is 4. The fourth-order valence-corrected chi connectivity index (χ4v) is 3.17. The lowest BCUT2D eigenvalue weighted by Crippen LogP contribution is -2.31. The van der Waals surface area contributed by atoms with E-state index in [1.165, 1.54) is 4.90 Å². The molecule has 1 heterocycles. The normalized spacial score (nSPS) is 12.7. The average molecular weight is 459 g/mol. The van der Waals surface area contributed by atoms with E-state index in [0.717, 1.165) is 4.47 Å². The van der Waals surface area contributed by atoms with Crippen molar-refractivity contribution in [3.63, 3.8) is 0 Å². The minimum absolute atomic E-state index is 0.149. The molecule has 2 aromatic carbocycles. The number of halogens is 1. The van der Waals surface area contributed by atoms with Gasteiger partial charge in [-0.25, -0.2) is 0 Å². The molecular weight excluding hydrogens is 440 g/mol. The van der Waals surface area contributed by atoms with Crippen molar-refractivity contribution in [2.75, 3.05) is 19.7 Å². The molecule has 0 saturated carbocycles. The summed E-state index contributed by atoms with van der Waals surface area (Å²) in [5.41, 5.74) is 1.29. The summed E-state index contributed by atoms with van der Waals surface area (Å²) >= 11 is 3.29. The number of esters is 1. The average Bonchev–Trinajstić information content (AvgIpc) is 2.97. The van der Waals surface area contributed by atoms with Crippen LogP contribution in [0.5, 0.6) is 0 Å². The topological polar surface area (TPSA) is 92.8 Å². The molecule has 0 atom stereocenters. The maximum atomic E-state index is 12.2. The predicted octanol–water partition coefficient (Wildman–Crippen LogP) is 2.80. The van der Waals surface area contributed by atoms with Crippen LogP contribution in [0.15, 0.2) is 53.0 Å². The second kappa shape index (κ2) is 9.47. The molecule has 0 fully saturated rings. The molecule has 3 rings (SSSR count). The van der Waals surface area contributed by atoms with Gasteiger partial charge in [0.05, 0.1) is 17.7 Å². The number of carbonyl (C=O) groups is 4. The molecule has 29 heavy (non-hydrogen) atoms. The van der Waals surface area contributed by atoms with Crippen molar-refractivity contribution in [1.82, 2.24) is 10.2 Å². The molecule has 0 saturated heterocycles. The monoisotopic (exact) mass is 458 g/mol. The van der Waals surface area contributed by atoms with E-state index in [0.29, 0.717) is 29.5 Å². The Kier molecular flexibility index (Phi) is 6.77. The van der Waals surface area contributed by atoms with Crippen LogP contribution in [0, 0.1) is 0 Å². The van der Waals surface area contributed by atoms with Crippen LogP contribution in [0.3, 0.4) is 0 Å². The van der Waals surface area contributed by atoms with Crippen LogP contribution in [0.1, 0.15) is 43.9 Å². The summed E-state index contributed by atoms with van der Waals surface area (Å²) in [5.74, 6) is -1.49. The number of fused-ring (bicyclic) bond motifs is 1. The van der Waals surface area contributed by atoms with E-state index in [1.54, 1.807) is 48.5 Å². The first-order valence-electron chi connectivity index (χ1n) is 9.12. The van der Waals surface area contributed by atoms with Crippen LogP contribution in [-0.4, -0.2) is 48.3 Å². The first-order chi connectivity index (χ1) is 14.0. The number of nitrogens with one attached hydrogen (secondary N) is 1. The lowest BCUT2D eigenvalue weighted by atomic mass is 10.1. The van der Waals surface area contributed by atoms with Gasteiger partial charge in [-0.05, 0) is 49.2 Å². The summed E-state index contributed by atoms with van der Waals surface area (Å²) in [7, 11) is 0. The van der Waals surface area contributed by atoms with Gasteiger partial charge in [0, 0.05) is 16.6 Å². The van der Waals surface area contributed by atoms with Gasteiger partial charge in [-0.2, -0.15) is 0 Å². The number of hydrogen-bond donors (Lipinski definition) is 1. The summed E-state index contributed by atoms with van der Waals surface area (Å²) < 4.78 is 5.93. The third kappa shape index (κ3) is 5.08. The summed E-state index contributed by atoms with van der Waals surface area (Å²) in [6.45, 7) is 0.188. The lowest BCUT2D eigenvalue weighted by Gasteiger charge is -2.13. The Bertz CT molecular complexity index is 907. The summed E-state index contributed by atoms with van der Waals surface area (Å²) in [6.07, 6.45) is 1.02. The Hall–Kier alpha value is -3.00. The summed E-state index contributed by atoms with van der Waals surface area (Å²) in [4.78, 5) is 49.4. The first kappa shape index (κ1) is 20.7. The maximum Gasteiger partial charge on any atom is 0.325 e. The second-order valence-corrected chi connectivity index (χ2v) is 7.34. The zero-order chi connectivity index (χ0) is 20.8. The highest BCUT2D eigenvalue weighted by Gasteiger charge is 2.34. The van der Waals surface area contributed by atoms with Gasteiger partial charge >= 0.3 is 5.97 Å². The van der Waals surface area contributed by atoms with Crippen molar-refractivity contribution in [1.29, 1.82) is 0 Å². The second-order valence-electron chi connectivity index (χ2n) is 6.42. The van der Waals surface area contributed by atoms with Crippen molar-refractivity contribution >= 4 is 39.6 Å². The molecule has 0 aromatic heterocycles. The smallest absolute Gasteiger partial charge is 0.325 e. The number of amides is 3. The van der Waals surface area contributed by atoms with E-state index < -0.39 is 5.97 Å². The van der Waals surface area contributed by atoms with Gasteiger partial charge < -0.3 is 10.1 Å². The zero-order valence-corrected chi connectivity index (χ0v) is 17.1. The van der Waals surface area contributed by atoms with Gasteiger partial charge in [0.25, 0.3) is 17.7 Å². The van der Waals surface area contributed by atoms with Crippen LogP contribution in [0.4, 0.5) is 0 Å².